The predicted octanol–water partition coefficient (Wildman–Crippen LogP) is 2.14. The third kappa shape index (κ3) is 3.19. The van der Waals surface area contributed by atoms with Crippen molar-refractivity contribution >= 4 is 5.84 Å². The Morgan fingerprint density at radius 1 is 1.29 bits per heavy atom. The summed E-state index contributed by atoms with van der Waals surface area (Å²) in [6.45, 7) is 0. The molecule has 0 radical (unpaired) electrons. The molecule has 4 nitrogen and oxygen atoms in total. The average molecular weight is 239 g/mol. The fraction of sp³-hybridized carbons (Fsp3) is 0.923. The van der Waals surface area contributed by atoms with Gasteiger partial charge < -0.3 is 10.2 Å². The predicted molar refractivity (Wildman–Crippen MR) is 69.8 cm³/mol. The van der Waals surface area contributed by atoms with E-state index >= 15 is 0 Å². The number of nitrogens with one attached hydrogen (secondary N) is 1. The molecule has 0 bridgehead atoms. The Labute approximate surface area is 104 Å². The van der Waals surface area contributed by atoms with Crippen molar-refractivity contribution in [3.8, 4) is 0 Å². The zero-order valence-electron chi connectivity index (χ0n) is 10.9. The molecule has 0 aromatic carbocycles. The van der Waals surface area contributed by atoms with Gasteiger partial charge in [-0.3, -0.25) is 4.99 Å². The molecular weight excluding hydrogens is 214 g/mol. The van der Waals surface area contributed by atoms with Gasteiger partial charge in [0.05, 0.1) is 11.6 Å². The summed E-state index contributed by atoms with van der Waals surface area (Å²) in [7, 11) is 1.80. The monoisotopic (exact) mass is 239 g/mol. The van der Waals surface area contributed by atoms with Crippen LogP contribution in [0.1, 0.15) is 57.8 Å². The Morgan fingerprint density at radius 3 is 2.47 bits per heavy atom. The highest BCUT2D eigenvalue weighted by molar-refractivity contribution is 5.82. The highest BCUT2D eigenvalue weighted by Gasteiger charge is 2.38. The fourth-order valence-electron chi connectivity index (χ4n) is 2.89. The van der Waals surface area contributed by atoms with E-state index < -0.39 is 0 Å². The molecule has 0 atom stereocenters. The van der Waals surface area contributed by atoms with Gasteiger partial charge in [0.2, 0.25) is 0 Å². The zero-order chi connectivity index (χ0) is 12.1. The second-order valence-corrected chi connectivity index (χ2v) is 5.43. The highest BCUT2D eigenvalue weighted by atomic mass is 16.5. The summed E-state index contributed by atoms with van der Waals surface area (Å²) in [6.07, 6.45) is 10.8. The third-order valence-corrected chi connectivity index (χ3v) is 4.27. The standard InChI is InChI=1S/C13H25N3O/c1-17-13(8-5-9-13)10-12(16-14)15-11-6-3-2-4-7-11/h11H,2-10,14H2,1H3,(H,15,16). The maximum atomic E-state index is 5.62. The van der Waals surface area contributed by atoms with Crippen molar-refractivity contribution in [2.24, 2.45) is 10.8 Å². The molecule has 0 amide bonds. The van der Waals surface area contributed by atoms with Crippen molar-refractivity contribution in [3.63, 3.8) is 0 Å². The third-order valence-electron chi connectivity index (χ3n) is 4.27. The number of nitrogens with zero attached hydrogens (tertiary/aromatic N) is 1. The van der Waals surface area contributed by atoms with E-state index in [0.717, 1.165) is 25.1 Å². The van der Waals surface area contributed by atoms with E-state index in [2.05, 4.69) is 5.43 Å². The molecule has 2 fully saturated rings. The molecular formula is C13H25N3O. The summed E-state index contributed by atoms with van der Waals surface area (Å²) in [5, 5.41) is 0. The number of hydrogen-bond acceptors (Lipinski definition) is 3. The van der Waals surface area contributed by atoms with E-state index in [9.17, 15) is 0 Å². The Morgan fingerprint density at radius 2 is 2.00 bits per heavy atom. The Balaban J connectivity index is 1.92. The van der Waals surface area contributed by atoms with Gasteiger partial charge in [-0.2, -0.15) is 0 Å². The summed E-state index contributed by atoms with van der Waals surface area (Å²) in [6, 6.07) is 0.476. The maximum absolute atomic E-state index is 5.62. The van der Waals surface area contributed by atoms with Crippen LogP contribution in [-0.4, -0.2) is 24.6 Å². The van der Waals surface area contributed by atoms with Crippen LogP contribution in [0, 0.1) is 0 Å². The van der Waals surface area contributed by atoms with E-state index in [-0.39, 0.29) is 5.60 Å². The quantitative estimate of drug-likeness (QED) is 0.342. The topological polar surface area (TPSA) is 59.6 Å². The first-order valence-corrected chi connectivity index (χ1v) is 6.86. The van der Waals surface area contributed by atoms with E-state index in [0.29, 0.717) is 6.04 Å². The molecule has 2 aliphatic carbocycles. The number of nitrogens with two attached hydrogens (primary N) is 1. The van der Waals surface area contributed by atoms with Gasteiger partial charge in [-0.1, -0.05) is 19.3 Å². The second kappa shape index (κ2) is 5.83. The first-order valence-electron chi connectivity index (χ1n) is 6.86. The molecule has 17 heavy (non-hydrogen) atoms. The maximum Gasteiger partial charge on any atom is 0.113 e. The van der Waals surface area contributed by atoms with Crippen LogP contribution in [0.4, 0.5) is 0 Å². The van der Waals surface area contributed by atoms with Crippen molar-refractivity contribution in [1.82, 2.24) is 5.43 Å². The van der Waals surface area contributed by atoms with Crippen LogP contribution in [-0.2, 0) is 4.74 Å². The molecule has 2 rings (SSSR count). The minimum atomic E-state index is 0.0138. The molecule has 0 aliphatic heterocycles. The number of hydrazine groups is 1. The summed E-state index contributed by atoms with van der Waals surface area (Å²) >= 11 is 0. The highest BCUT2D eigenvalue weighted by Crippen LogP contribution is 2.38. The Kier molecular flexibility index (Phi) is 4.40. The zero-order valence-corrected chi connectivity index (χ0v) is 10.9. The Hall–Kier alpha value is -0.610. The minimum Gasteiger partial charge on any atom is -0.378 e. The first kappa shape index (κ1) is 12.8. The van der Waals surface area contributed by atoms with E-state index in [1.54, 1.807) is 7.11 Å². The first-order chi connectivity index (χ1) is 8.28. The van der Waals surface area contributed by atoms with E-state index in [4.69, 9.17) is 15.6 Å². The van der Waals surface area contributed by atoms with Crippen LogP contribution in [0.25, 0.3) is 0 Å². The van der Waals surface area contributed by atoms with Crippen LogP contribution < -0.4 is 11.3 Å². The molecule has 0 heterocycles. The number of aliphatic imine (C=N–C) groups is 1. The van der Waals surface area contributed by atoms with E-state index in [1.807, 2.05) is 0 Å². The van der Waals surface area contributed by atoms with Gasteiger partial charge >= 0.3 is 0 Å². The summed E-state index contributed by atoms with van der Waals surface area (Å²) in [5.74, 6) is 6.52. The number of rotatable bonds is 4. The van der Waals surface area contributed by atoms with Gasteiger partial charge in [-0.05, 0) is 32.1 Å². The van der Waals surface area contributed by atoms with Crippen LogP contribution >= 0.6 is 0 Å². The van der Waals surface area contributed by atoms with Gasteiger partial charge in [0.25, 0.3) is 0 Å². The van der Waals surface area contributed by atoms with Crippen molar-refractivity contribution in [2.45, 2.75) is 69.4 Å². The Bertz CT molecular complexity index is 262. The molecule has 98 valence electrons. The average Bonchev–Trinajstić information content (AvgIpc) is 2.33. The number of hydrogen-bond donors (Lipinski definition) is 2. The lowest BCUT2D eigenvalue weighted by Gasteiger charge is -2.40. The number of methoxy groups -OCH3 is 1. The SMILES string of the molecule is COC1(CC(=NC2CCCCC2)NN)CCC1. The molecule has 0 aromatic heterocycles. The summed E-state index contributed by atoms with van der Waals surface area (Å²) in [4.78, 5) is 4.77. The van der Waals surface area contributed by atoms with Crippen molar-refractivity contribution < 1.29 is 4.74 Å². The molecule has 0 aromatic rings. The van der Waals surface area contributed by atoms with E-state index in [1.165, 1.54) is 38.5 Å². The normalized spacial score (nSPS) is 25.4. The number of ether oxygens (including phenoxy) is 1. The molecule has 3 N–H and O–H groups in total. The van der Waals surface area contributed by atoms with Crippen molar-refractivity contribution in [3.05, 3.63) is 0 Å². The van der Waals surface area contributed by atoms with Crippen LogP contribution in [0.15, 0.2) is 4.99 Å². The number of amidine groups is 1. The summed E-state index contributed by atoms with van der Waals surface area (Å²) in [5.41, 5.74) is 2.79. The van der Waals surface area contributed by atoms with Gasteiger partial charge in [0.1, 0.15) is 5.84 Å². The lowest BCUT2D eigenvalue weighted by molar-refractivity contribution is -0.0659. The molecule has 0 unspecified atom stereocenters. The van der Waals surface area contributed by atoms with Crippen LogP contribution in [0.5, 0.6) is 0 Å². The van der Waals surface area contributed by atoms with Gasteiger partial charge in [0.15, 0.2) is 0 Å². The second-order valence-electron chi connectivity index (χ2n) is 5.43. The molecule has 0 saturated heterocycles. The van der Waals surface area contributed by atoms with Gasteiger partial charge in [-0.15, -0.1) is 0 Å². The minimum absolute atomic E-state index is 0.0138. The lowest BCUT2D eigenvalue weighted by Crippen LogP contribution is -2.45. The van der Waals surface area contributed by atoms with Gasteiger partial charge in [0, 0.05) is 13.5 Å². The van der Waals surface area contributed by atoms with Crippen LogP contribution in [0.3, 0.4) is 0 Å². The van der Waals surface area contributed by atoms with Crippen molar-refractivity contribution in [1.29, 1.82) is 0 Å². The van der Waals surface area contributed by atoms with Gasteiger partial charge in [-0.25, -0.2) is 5.84 Å². The molecule has 2 aliphatic rings. The van der Waals surface area contributed by atoms with Crippen LogP contribution in [0.2, 0.25) is 0 Å². The molecule has 2 saturated carbocycles. The summed E-state index contributed by atoms with van der Waals surface area (Å²) < 4.78 is 5.62. The fourth-order valence-corrected chi connectivity index (χ4v) is 2.89. The molecule has 0 spiro atoms. The molecule has 4 heteroatoms. The van der Waals surface area contributed by atoms with Crippen molar-refractivity contribution in [2.75, 3.05) is 7.11 Å². The largest absolute Gasteiger partial charge is 0.378 e. The smallest absolute Gasteiger partial charge is 0.113 e. The lowest BCUT2D eigenvalue weighted by atomic mass is 9.77.